The van der Waals surface area contributed by atoms with Crippen molar-refractivity contribution in [2.24, 2.45) is 5.92 Å². The number of imidazole rings is 1. The third-order valence-corrected chi connectivity index (χ3v) is 6.61. The summed E-state index contributed by atoms with van der Waals surface area (Å²) in [5, 5.41) is 5.92. The Morgan fingerprint density at radius 1 is 1.27 bits per heavy atom. The van der Waals surface area contributed by atoms with Crippen molar-refractivity contribution in [1.82, 2.24) is 24.8 Å². The van der Waals surface area contributed by atoms with Crippen LogP contribution in [0.1, 0.15) is 43.9 Å². The number of ether oxygens (including phenoxy) is 1. The van der Waals surface area contributed by atoms with Crippen LogP contribution in [0.3, 0.4) is 0 Å². The number of nitrogens with zero attached hydrogens (tertiary/aromatic N) is 3. The molecule has 216 valence electrons. The number of aromatic amines is 1. The van der Waals surface area contributed by atoms with Crippen LogP contribution in [0.4, 0.5) is 14.9 Å². The van der Waals surface area contributed by atoms with Crippen molar-refractivity contribution in [2.45, 2.75) is 52.6 Å². The van der Waals surface area contributed by atoms with Crippen molar-refractivity contribution in [3.05, 3.63) is 63.2 Å². The van der Waals surface area contributed by atoms with Crippen LogP contribution in [0.25, 0.3) is 11.0 Å². The summed E-state index contributed by atoms with van der Waals surface area (Å²) in [5.41, 5.74) is 1.26. The third kappa shape index (κ3) is 7.97. The summed E-state index contributed by atoms with van der Waals surface area (Å²) in [6, 6.07) is 1.95. The van der Waals surface area contributed by atoms with Gasteiger partial charge in [-0.25, -0.2) is 22.6 Å². The quantitative estimate of drug-likeness (QED) is 0.313. The number of carbonyl (C=O) groups excluding carboxylic acids is 2. The number of aromatic nitrogens is 4. The molecule has 3 aromatic rings. The van der Waals surface area contributed by atoms with Gasteiger partial charge in [0, 0.05) is 17.4 Å². The number of hydrogen-bond acceptors (Lipinski definition) is 8. The summed E-state index contributed by atoms with van der Waals surface area (Å²) in [6.07, 6.45) is 3.49. The fourth-order valence-corrected chi connectivity index (χ4v) is 4.47. The SMILES string of the molecule is COC(=O)NC(CCC=CS(C)(=O)=O)C(=O)Nc1ccc(C)n(Cc2nc3c(F)cnc(CC(C)C)c3[nH]2)c1=O. The highest BCUT2D eigenvalue weighted by molar-refractivity contribution is 7.93. The molecule has 0 aliphatic carbocycles. The first-order valence-electron chi connectivity index (χ1n) is 12.5. The van der Waals surface area contributed by atoms with Crippen molar-refractivity contribution < 1.29 is 27.1 Å². The molecule has 1 unspecified atom stereocenters. The Morgan fingerprint density at radius 3 is 2.65 bits per heavy atom. The Labute approximate surface area is 231 Å². The second-order valence-electron chi connectivity index (χ2n) is 9.79. The predicted molar refractivity (Wildman–Crippen MR) is 148 cm³/mol. The normalized spacial score (nSPS) is 12.7. The van der Waals surface area contributed by atoms with E-state index in [1.807, 2.05) is 13.8 Å². The molecule has 1 atom stereocenters. The molecular weight excluding hydrogens is 543 g/mol. The van der Waals surface area contributed by atoms with E-state index >= 15 is 0 Å². The molecule has 3 N–H and O–H groups in total. The fourth-order valence-electron chi connectivity index (χ4n) is 3.99. The van der Waals surface area contributed by atoms with E-state index in [1.165, 1.54) is 16.7 Å². The monoisotopic (exact) mass is 576 g/mol. The number of methoxy groups -OCH3 is 1. The summed E-state index contributed by atoms with van der Waals surface area (Å²) < 4.78 is 43.0. The lowest BCUT2D eigenvalue weighted by Gasteiger charge is -2.18. The zero-order valence-electron chi connectivity index (χ0n) is 22.9. The molecule has 3 aromatic heterocycles. The zero-order chi connectivity index (χ0) is 29.6. The van der Waals surface area contributed by atoms with Gasteiger partial charge in [-0.15, -0.1) is 0 Å². The molecule has 2 amide bonds. The lowest BCUT2D eigenvalue weighted by atomic mass is 10.1. The molecule has 0 aliphatic rings. The number of hydrogen-bond donors (Lipinski definition) is 3. The van der Waals surface area contributed by atoms with Crippen LogP contribution in [0, 0.1) is 18.7 Å². The van der Waals surface area contributed by atoms with E-state index < -0.39 is 39.3 Å². The summed E-state index contributed by atoms with van der Waals surface area (Å²) in [4.78, 5) is 49.7. The van der Waals surface area contributed by atoms with Gasteiger partial charge < -0.3 is 24.9 Å². The number of halogens is 1. The van der Waals surface area contributed by atoms with Crippen LogP contribution in [0.15, 0.2) is 34.6 Å². The molecule has 0 saturated heterocycles. The topological polar surface area (TPSA) is 165 Å². The molecule has 0 spiro atoms. The molecule has 40 heavy (non-hydrogen) atoms. The minimum Gasteiger partial charge on any atom is -0.453 e. The minimum absolute atomic E-state index is 0.0241. The van der Waals surface area contributed by atoms with Gasteiger partial charge >= 0.3 is 6.09 Å². The lowest BCUT2D eigenvalue weighted by molar-refractivity contribution is -0.118. The summed E-state index contributed by atoms with van der Waals surface area (Å²) >= 11 is 0. The number of anilines is 1. The molecule has 0 fully saturated rings. The highest BCUT2D eigenvalue weighted by Crippen LogP contribution is 2.21. The van der Waals surface area contributed by atoms with Crippen molar-refractivity contribution in [3.8, 4) is 0 Å². The first-order valence-corrected chi connectivity index (χ1v) is 14.5. The number of carbonyl (C=O) groups is 2. The van der Waals surface area contributed by atoms with Gasteiger partial charge in [0.1, 0.15) is 23.1 Å². The average Bonchev–Trinajstić information content (AvgIpc) is 3.31. The minimum atomic E-state index is -3.35. The average molecular weight is 577 g/mol. The number of sulfone groups is 1. The molecule has 0 saturated carbocycles. The van der Waals surface area contributed by atoms with Gasteiger partial charge in [0.05, 0.1) is 31.1 Å². The van der Waals surface area contributed by atoms with E-state index in [9.17, 15) is 27.2 Å². The first kappa shape index (κ1) is 30.5. The van der Waals surface area contributed by atoms with Crippen LogP contribution in [-0.4, -0.2) is 59.3 Å². The van der Waals surface area contributed by atoms with Crippen molar-refractivity contribution in [1.29, 1.82) is 0 Å². The number of H-pyrrole nitrogens is 1. The van der Waals surface area contributed by atoms with Crippen LogP contribution >= 0.6 is 0 Å². The highest BCUT2D eigenvalue weighted by atomic mass is 32.2. The summed E-state index contributed by atoms with van der Waals surface area (Å²) in [5.74, 6) is -0.652. The van der Waals surface area contributed by atoms with Gasteiger partial charge in [-0.1, -0.05) is 19.9 Å². The number of fused-ring (bicyclic) bond motifs is 1. The summed E-state index contributed by atoms with van der Waals surface area (Å²) in [7, 11) is -2.21. The second kappa shape index (κ2) is 12.9. The maximum absolute atomic E-state index is 14.4. The van der Waals surface area contributed by atoms with E-state index in [4.69, 9.17) is 0 Å². The zero-order valence-corrected chi connectivity index (χ0v) is 23.8. The lowest BCUT2D eigenvalue weighted by Crippen LogP contribution is -2.44. The Kier molecular flexibility index (Phi) is 9.79. The maximum atomic E-state index is 14.4. The summed E-state index contributed by atoms with van der Waals surface area (Å²) in [6.45, 7) is 5.73. The van der Waals surface area contributed by atoms with Crippen molar-refractivity contribution >= 4 is 38.6 Å². The third-order valence-electron chi connectivity index (χ3n) is 5.92. The molecule has 0 radical (unpaired) electrons. The van der Waals surface area contributed by atoms with Crippen molar-refractivity contribution in [3.63, 3.8) is 0 Å². The van der Waals surface area contributed by atoms with Gasteiger partial charge in [-0.2, -0.15) is 0 Å². The van der Waals surface area contributed by atoms with Gasteiger partial charge in [-0.05, 0) is 44.2 Å². The maximum Gasteiger partial charge on any atom is 0.407 e. The number of aryl methyl sites for hydroxylation is 1. The number of nitrogens with one attached hydrogen (secondary N) is 3. The number of rotatable bonds is 11. The molecule has 0 aliphatic heterocycles. The van der Waals surface area contributed by atoms with Crippen LogP contribution in [0.5, 0.6) is 0 Å². The largest absolute Gasteiger partial charge is 0.453 e. The first-order chi connectivity index (χ1) is 18.8. The van der Waals surface area contributed by atoms with E-state index in [2.05, 4.69) is 30.3 Å². The standard InChI is InChI=1S/C26H33FN6O6S/c1-15(2)12-20-23-22(17(27)13-28-20)31-21(32-23)14-33-16(3)9-10-19(25(33)35)29-24(34)18(30-26(36)39-4)8-6-7-11-40(5,37)38/h7,9-11,13,15,18H,6,8,12,14H2,1-5H3,(H,29,34)(H,30,36)(H,31,32). The van der Waals surface area contributed by atoms with E-state index in [-0.39, 0.29) is 36.5 Å². The molecule has 14 heteroatoms. The van der Waals surface area contributed by atoms with Crippen LogP contribution in [0.2, 0.25) is 0 Å². The Hall–Kier alpha value is -4.07. The number of allylic oxidation sites excluding steroid dienone is 1. The van der Waals surface area contributed by atoms with Crippen LogP contribution in [-0.2, 0) is 32.3 Å². The van der Waals surface area contributed by atoms with E-state index in [0.717, 1.165) is 25.0 Å². The number of pyridine rings is 2. The molecule has 12 nitrogen and oxygen atoms in total. The van der Waals surface area contributed by atoms with Gasteiger partial charge in [0.25, 0.3) is 5.56 Å². The van der Waals surface area contributed by atoms with E-state index in [1.54, 1.807) is 13.0 Å². The Morgan fingerprint density at radius 2 is 2.00 bits per heavy atom. The van der Waals surface area contributed by atoms with Gasteiger partial charge in [0.2, 0.25) is 5.91 Å². The molecule has 0 bridgehead atoms. The fraction of sp³-hybridized carbons (Fsp3) is 0.423. The molecule has 3 rings (SSSR count). The second-order valence-corrected chi connectivity index (χ2v) is 11.7. The Balaban J connectivity index is 1.86. The smallest absolute Gasteiger partial charge is 0.407 e. The van der Waals surface area contributed by atoms with Crippen LogP contribution < -0.4 is 16.2 Å². The number of amides is 2. The van der Waals surface area contributed by atoms with Gasteiger partial charge in [-0.3, -0.25) is 14.6 Å². The van der Waals surface area contributed by atoms with Gasteiger partial charge in [0.15, 0.2) is 15.7 Å². The number of alkyl carbamates (subject to hydrolysis) is 1. The Bertz CT molecular complexity index is 1590. The molecule has 3 heterocycles. The molecule has 0 aromatic carbocycles. The van der Waals surface area contributed by atoms with E-state index in [0.29, 0.717) is 29.1 Å². The predicted octanol–water partition coefficient (Wildman–Crippen LogP) is 2.82. The highest BCUT2D eigenvalue weighted by Gasteiger charge is 2.22. The molecular formula is C26H33FN6O6S. The van der Waals surface area contributed by atoms with Crippen molar-refractivity contribution in [2.75, 3.05) is 18.7 Å².